The van der Waals surface area contributed by atoms with Crippen LogP contribution >= 0.6 is 0 Å². The van der Waals surface area contributed by atoms with Gasteiger partial charge in [-0.05, 0) is 58.2 Å². The molecule has 1 unspecified atom stereocenters. The number of nitrogens with zero attached hydrogens (tertiary/aromatic N) is 1. The smallest absolute Gasteiger partial charge is 0.408 e. The van der Waals surface area contributed by atoms with E-state index >= 15 is 0 Å². The van der Waals surface area contributed by atoms with Gasteiger partial charge in [0.05, 0.1) is 12.6 Å². The van der Waals surface area contributed by atoms with Gasteiger partial charge in [0.1, 0.15) is 11.6 Å². The minimum atomic E-state index is -0.788. The van der Waals surface area contributed by atoms with Crippen LogP contribution in [-0.4, -0.2) is 35.8 Å². The molecule has 1 heterocycles. The van der Waals surface area contributed by atoms with E-state index in [1.54, 1.807) is 20.8 Å². The van der Waals surface area contributed by atoms with Crippen LogP contribution in [0.1, 0.15) is 38.4 Å². The number of hydrogen-bond acceptors (Lipinski definition) is 5. The summed E-state index contributed by atoms with van der Waals surface area (Å²) < 4.78 is 10.0. The number of carbonyl (C=O) groups is 2. The maximum absolute atomic E-state index is 12.0. The van der Waals surface area contributed by atoms with Gasteiger partial charge in [-0.3, -0.25) is 4.98 Å². The predicted octanol–water partition coefficient (Wildman–Crippen LogP) is 3.54. The quantitative estimate of drug-likeness (QED) is 0.827. The molecule has 0 aliphatic rings. The number of nitrogens with one attached hydrogen (secondary N) is 1. The Bertz CT molecular complexity index is 796. The Morgan fingerprint density at radius 2 is 1.92 bits per heavy atom. The third kappa shape index (κ3) is 5.44. The van der Waals surface area contributed by atoms with Crippen molar-refractivity contribution in [3.05, 3.63) is 41.6 Å². The number of rotatable bonds is 5. The molecule has 1 N–H and O–H groups in total. The van der Waals surface area contributed by atoms with E-state index in [2.05, 4.69) is 10.3 Å². The van der Waals surface area contributed by atoms with Gasteiger partial charge in [-0.2, -0.15) is 0 Å². The normalized spacial score (nSPS) is 12.5. The Labute approximate surface area is 153 Å². The maximum atomic E-state index is 12.0. The molecule has 26 heavy (non-hydrogen) atoms. The molecule has 2 aromatic rings. The van der Waals surface area contributed by atoms with E-state index in [4.69, 9.17) is 9.47 Å². The van der Waals surface area contributed by atoms with Crippen molar-refractivity contribution in [2.24, 2.45) is 0 Å². The van der Waals surface area contributed by atoms with Crippen molar-refractivity contribution < 1.29 is 19.1 Å². The van der Waals surface area contributed by atoms with Gasteiger partial charge in [-0.25, -0.2) is 9.59 Å². The highest BCUT2D eigenvalue weighted by atomic mass is 16.6. The second-order valence-corrected chi connectivity index (χ2v) is 7.21. The predicted molar refractivity (Wildman–Crippen MR) is 100.0 cm³/mol. The second-order valence-electron chi connectivity index (χ2n) is 7.21. The number of aromatic nitrogens is 1. The Balaban J connectivity index is 2.09. The first kappa shape index (κ1) is 19.7. The van der Waals surface area contributed by atoms with Crippen LogP contribution in [0.15, 0.2) is 30.3 Å². The molecule has 0 spiro atoms. The van der Waals surface area contributed by atoms with E-state index in [0.717, 1.165) is 22.2 Å². The van der Waals surface area contributed by atoms with Crippen molar-refractivity contribution >= 4 is 23.0 Å². The van der Waals surface area contributed by atoms with E-state index in [1.165, 1.54) is 7.11 Å². The van der Waals surface area contributed by atoms with Crippen LogP contribution < -0.4 is 5.32 Å². The number of alkyl carbamates (subject to hydrolysis) is 1. The average Bonchev–Trinajstić information content (AvgIpc) is 2.56. The Morgan fingerprint density at radius 3 is 2.58 bits per heavy atom. The highest BCUT2D eigenvalue weighted by molar-refractivity contribution is 5.82. The van der Waals surface area contributed by atoms with E-state index in [1.807, 2.05) is 37.3 Å². The van der Waals surface area contributed by atoms with E-state index < -0.39 is 23.7 Å². The molecule has 0 radical (unpaired) electrons. The molecule has 0 saturated carbocycles. The molecule has 1 aromatic heterocycles. The van der Waals surface area contributed by atoms with E-state index in [0.29, 0.717) is 12.8 Å². The Hall–Kier alpha value is -2.63. The molecule has 1 aromatic carbocycles. The first-order chi connectivity index (χ1) is 12.2. The van der Waals surface area contributed by atoms with Gasteiger partial charge in [0, 0.05) is 11.1 Å². The van der Waals surface area contributed by atoms with Crippen LogP contribution in [0.3, 0.4) is 0 Å². The lowest BCUT2D eigenvalue weighted by atomic mass is 10.0. The first-order valence-corrected chi connectivity index (χ1v) is 8.62. The number of esters is 1. The summed E-state index contributed by atoms with van der Waals surface area (Å²) in [7, 11) is 1.30. The number of benzene rings is 1. The van der Waals surface area contributed by atoms with Gasteiger partial charge < -0.3 is 14.8 Å². The number of hydrogen-bond donors (Lipinski definition) is 1. The molecule has 0 fully saturated rings. The zero-order chi connectivity index (χ0) is 19.3. The summed E-state index contributed by atoms with van der Waals surface area (Å²) in [5.74, 6) is -0.506. The van der Waals surface area contributed by atoms with Crippen molar-refractivity contribution in [2.75, 3.05) is 7.11 Å². The van der Waals surface area contributed by atoms with Crippen LogP contribution in [0.2, 0.25) is 0 Å². The zero-order valence-corrected chi connectivity index (χ0v) is 16.0. The van der Waals surface area contributed by atoms with Crippen LogP contribution in [-0.2, 0) is 20.7 Å². The molecular weight excluding hydrogens is 332 g/mol. The lowest BCUT2D eigenvalue weighted by molar-refractivity contribution is -0.143. The second kappa shape index (κ2) is 8.17. The fourth-order valence-electron chi connectivity index (χ4n) is 2.68. The van der Waals surface area contributed by atoms with Crippen molar-refractivity contribution in [3.8, 4) is 0 Å². The molecule has 2 rings (SSSR count). The third-order valence-corrected chi connectivity index (χ3v) is 3.84. The lowest BCUT2D eigenvalue weighted by Crippen LogP contribution is -2.44. The van der Waals surface area contributed by atoms with Gasteiger partial charge in [0.25, 0.3) is 0 Å². The average molecular weight is 358 g/mol. The van der Waals surface area contributed by atoms with Crippen molar-refractivity contribution in [1.82, 2.24) is 10.3 Å². The topological polar surface area (TPSA) is 77.5 Å². The fraction of sp³-hybridized carbons (Fsp3) is 0.450. The number of para-hydroxylation sites is 1. The first-order valence-electron chi connectivity index (χ1n) is 8.62. The molecule has 0 saturated heterocycles. The Kier molecular flexibility index (Phi) is 6.18. The van der Waals surface area contributed by atoms with Crippen molar-refractivity contribution in [3.63, 3.8) is 0 Å². The molecular formula is C20H26N2O4. The largest absolute Gasteiger partial charge is 0.467 e. The van der Waals surface area contributed by atoms with Gasteiger partial charge in [0.15, 0.2) is 0 Å². The van der Waals surface area contributed by atoms with Gasteiger partial charge >= 0.3 is 12.1 Å². The molecule has 6 heteroatoms. The number of pyridine rings is 1. The van der Waals surface area contributed by atoms with Crippen molar-refractivity contribution in [1.29, 1.82) is 0 Å². The summed E-state index contributed by atoms with van der Waals surface area (Å²) in [6, 6.07) is 9.13. The minimum Gasteiger partial charge on any atom is -0.467 e. The highest BCUT2D eigenvalue weighted by Gasteiger charge is 2.25. The van der Waals surface area contributed by atoms with Crippen LogP contribution in [0.5, 0.6) is 0 Å². The van der Waals surface area contributed by atoms with E-state index in [-0.39, 0.29) is 0 Å². The van der Waals surface area contributed by atoms with Crippen LogP contribution in [0, 0.1) is 6.92 Å². The van der Waals surface area contributed by atoms with Crippen LogP contribution in [0.25, 0.3) is 10.9 Å². The van der Waals surface area contributed by atoms with Gasteiger partial charge in [-0.1, -0.05) is 18.2 Å². The van der Waals surface area contributed by atoms with Crippen LogP contribution in [0.4, 0.5) is 4.79 Å². The number of aryl methyl sites for hydroxylation is 2. The summed E-state index contributed by atoms with van der Waals surface area (Å²) in [4.78, 5) is 28.6. The third-order valence-electron chi connectivity index (χ3n) is 3.84. The van der Waals surface area contributed by atoms with Crippen molar-refractivity contribution in [2.45, 2.75) is 52.2 Å². The minimum absolute atomic E-state index is 0.372. The number of carbonyl (C=O) groups excluding carboxylic acids is 2. The number of amides is 1. The van der Waals surface area contributed by atoms with Gasteiger partial charge in [-0.15, -0.1) is 0 Å². The summed E-state index contributed by atoms with van der Waals surface area (Å²) in [6.45, 7) is 7.33. The van der Waals surface area contributed by atoms with Gasteiger partial charge in [0.2, 0.25) is 0 Å². The summed E-state index contributed by atoms with van der Waals surface area (Å²) >= 11 is 0. The summed E-state index contributed by atoms with van der Waals surface area (Å²) in [5, 5.41) is 3.69. The number of ether oxygens (including phenoxy) is 2. The number of methoxy groups -OCH3 is 1. The molecule has 1 atom stereocenters. The highest BCUT2D eigenvalue weighted by Crippen LogP contribution is 2.18. The summed E-state index contributed by atoms with van der Waals surface area (Å²) in [5.41, 5.74) is 2.26. The monoisotopic (exact) mass is 358 g/mol. The SMILES string of the molecule is COC(=O)C(CCc1cc(C)c2ccccc2n1)NC(=O)OC(C)(C)C. The number of fused-ring (bicyclic) bond motifs is 1. The summed E-state index contributed by atoms with van der Waals surface area (Å²) in [6.07, 6.45) is 0.258. The zero-order valence-electron chi connectivity index (χ0n) is 16.0. The lowest BCUT2D eigenvalue weighted by Gasteiger charge is -2.22. The maximum Gasteiger partial charge on any atom is 0.408 e. The van der Waals surface area contributed by atoms with E-state index in [9.17, 15) is 9.59 Å². The molecule has 0 bridgehead atoms. The fourth-order valence-corrected chi connectivity index (χ4v) is 2.68. The molecule has 1 amide bonds. The molecule has 0 aliphatic heterocycles. The standard InChI is InChI=1S/C20H26N2O4/c1-13-12-14(21-16-9-7-6-8-15(13)16)10-11-17(18(23)25-5)22-19(24)26-20(2,3)4/h6-9,12,17H,10-11H2,1-5H3,(H,22,24). The molecule has 6 nitrogen and oxygen atoms in total. The molecule has 0 aliphatic carbocycles. The Morgan fingerprint density at radius 1 is 1.23 bits per heavy atom. The molecule has 140 valence electrons.